The Balaban J connectivity index is 2.32. The molecule has 0 spiro atoms. The highest BCUT2D eigenvalue weighted by atomic mass is 33.1. The molecule has 0 radical (unpaired) electrons. The van der Waals surface area contributed by atoms with E-state index in [4.69, 9.17) is 11.5 Å². The molecule has 4 unspecified atom stereocenters. The third kappa shape index (κ3) is 13.8. The summed E-state index contributed by atoms with van der Waals surface area (Å²) in [5.41, 5.74) is 13.0. The summed E-state index contributed by atoms with van der Waals surface area (Å²) in [6, 6.07) is -1.10. The zero-order valence-corrected chi connectivity index (χ0v) is 29.1. The first kappa shape index (κ1) is 39.8. The summed E-state index contributed by atoms with van der Waals surface area (Å²) < 4.78 is 32.1. The SMILES string of the molecule is Cc1ncc(CN(C=O)C(C)C(CCOP(=O)(O)O)SSC(CCOP(=O)(O)O)C(C)N(C=O)Cc2cnc(C)nc2N)c(N)n1. The minimum Gasteiger partial charge on any atom is -0.383 e. The number of carbonyl (C=O) groups excluding carboxylic acids is 2. The Morgan fingerprint density at radius 1 is 0.783 bits per heavy atom. The Morgan fingerprint density at radius 2 is 1.13 bits per heavy atom. The Labute approximate surface area is 274 Å². The van der Waals surface area contributed by atoms with Crippen LogP contribution in [0.25, 0.3) is 0 Å². The van der Waals surface area contributed by atoms with E-state index in [1.54, 1.807) is 27.7 Å². The van der Waals surface area contributed by atoms with Crippen molar-refractivity contribution in [2.45, 2.75) is 76.2 Å². The van der Waals surface area contributed by atoms with E-state index in [1.165, 1.54) is 43.8 Å². The molecular weight excluding hydrogens is 686 g/mol. The Kier molecular flexibility index (Phi) is 15.8. The summed E-state index contributed by atoms with van der Waals surface area (Å²) in [6.07, 6.45) is 4.41. The van der Waals surface area contributed by atoms with E-state index in [0.29, 0.717) is 35.6 Å². The van der Waals surface area contributed by atoms with Gasteiger partial charge in [0.25, 0.3) is 0 Å². The second-order valence-corrected chi connectivity index (χ2v) is 15.4. The number of nitrogen functional groups attached to an aromatic ring is 2. The van der Waals surface area contributed by atoms with Crippen LogP contribution in [0.5, 0.6) is 0 Å². The Hall–Kier alpha value is -2.38. The normalized spacial score (nSPS) is 14.7. The first-order chi connectivity index (χ1) is 21.4. The van der Waals surface area contributed by atoms with Gasteiger partial charge in [0.05, 0.1) is 26.3 Å². The molecule has 2 heterocycles. The molecule has 18 nitrogen and oxygen atoms in total. The Bertz CT molecular complexity index is 1300. The van der Waals surface area contributed by atoms with Crippen molar-refractivity contribution in [2.24, 2.45) is 0 Å². The van der Waals surface area contributed by atoms with E-state index in [-0.39, 0.29) is 50.8 Å². The number of aromatic nitrogens is 4. The maximum absolute atomic E-state index is 12.2. The van der Waals surface area contributed by atoms with E-state index < -0.39 is 38.2 Å². The topological polar surface area (TPSA) is 278 Å². The van der Waals surface area contributed by atoms with Crippen molar-refractivity contribution in [3.05, 3.63) is 35.2 Å². The fraction of sp³-hybridized carbons (Fsp3) is 0.583. The van der Waals surface area contributed by atoms with E-state index in [0.717, 1.165) is 0 Å². The highest BCUT2D eigenvalue weighted by Gasteiger charge is 2.31. The first-order valence-electron chi connectivity index (χ1n) is 13.7. The molecule has 0 aliphatic carbocycles. The molecule has 22 heteroatoms. The molecule has 0 aliphatic rings. The molecule has 2 aromatic heterocycles. The second-order valence-electron chi connectivity index (χ2n) is 10.2. The molecular formula is C24H40N8O10P2S2. The van der Waals surface area contributed by atoms with Gasteiger partial charge in [0.2, 0.25) is 12.8 Å². The fourth-order valence-electron chi connectivity index (χ4n) is 4.10. The predicted octanol–water partition coefficient (Wildman–Crippen LogP) is 1.56. The van der Waals surface area contributed by atoms with E-state index in [1.807, 2.05) is 0 Å². The number of amides is 2. The summed E-state index contributed by atoms with van der Waals surface area (Å²) in [4.78, 5) is 80.7. The number of hydrogen-bond acceptors (Lipinski definition) is 14. The van der Waals surface area contributed by atoms with Crippen LogP contribution in [0, 0.1) is 13.8 Å². The van der Waals surface area contributed by atoms with Gasteiger partial charge in [-0.05, 0) is 40.5 Å². The molecule has 2 amide bonds. The third-order valence-electron chi connectivity index (χ3n) is 6.76. The highest BCUT2D eigenvalue weighted by Crippen LogP contribution is 2.42. The predicted molar refractivity (Wildman–Crippen MR) is 172 cm³/mol. The summed E-state index contributed by atoms with van der Waals surface area (Å²) in [5.74, 6) is 1.30. The third-order valence-corrected chi connectivity index (χ3v) is 11.5. The molecule has 0 aromatic carbocycles. The van der Waals surface area contributed by atoms with Crippen LogP contribution >= 0.6 is 37.2 Å². The van der Waals surface area contributed by atoms with Gasteiger partial charge in [0.15, 0.2) is 0 Å². The van der Waals surface area contributed by atoms with Gasteiger partial charge in [-0.3, -0.25) is 18.6 Å². The molecule has 2 aromatic rings. The molecule has 0 fully saturated rings. The average molecular weight is 727 g/mol. The molecule has 0 saturated heterocycles. The smallest absolute Gasteiger partial charge is 0.383 e. The zero-order chi connectivity index (χ0) is 34.7. The van der Waals surface area contributed by atoms with Crippen LogP contribution in [-0.2, 0) is 40.9 Å². The van der Waals surface area contributed by atoms with Gasteiger partial charge in [-0.1, -0.05) is 21.6 Å². The molecule has 4 atom stereocenters. The summed E-state index contributed by atoms with van der Waals surface area (Å²) in [5, 5.41) is -1.00. The Morgan fingerprint density at radius 3 is 1.41 bits per heavy atom. The van der Waals surface area contributed by atoms with Crippen LogP contribution in [0.2, 0.25) is 0 Å². The van der Waals surface area contributed by atoms with E-state index in [9.17, 15) is 38.3 Å². The maximum Gasteiger partial charge on any atom is 0.469 e. The van der Waals surface area contributed by atoms with Crippen molar-refractivity contribution in [3.8, 4) is 0 Å². The number of phosphoric acid groups is 2. The maximum atomic E-state index is 12.2. The van der Waals surface area contributed by atoms with Crippen LogP contribution in [0.3, 0.4) is 0 Å². The minimum absolute atomic E-state index is 0.0484. The number of nitrogens with two attached hydrogens (primary N) is 2. The van der Waals surface area contributed by atoms with Crippen molar-refractivity contribution < 1.29 is 47.3 Å². The van der Waals surface area contributed by atoms with Crippen LogP contribution in [0.1, 0.15) is 49.5 Å². The van der Waals surface area contributed by atoms with E-state index >= 15 is 0 Å². The van der Waals surface area contributed by atoms with Crippen molar-refractivity contribution in [3.63, 3.8) is 0 Å². The van der Waals surface area contributed by atoms with Gasteiger partial charge >= 0.3 is 15.6 Å². The monoisotopic (exact) mass is 726 g/mol. The number of phosphoric ester groups is 2. The number of rotatable bonds is 21. The van der Waals surface area contributed by atoms with Crippen molar-refractivity contribution in [2.75, 3.05) is 24.7 Å². The molecule has 258 valence electrons. The fourth-order valence-corrected chi connectivity index (χ4v) is 8.49. The number of aryl methyl sites for hydroxylation is 2. The standard InChI is InChI=1S/C24H40N8O10P2S2/c1-15(31(13-33)11-19-9-27-17(3)29-23(19)25)21(5-7-41-43(35,36)37)45-46-22(6-8-42-44(38,39)40)16(2)32(14-34)12-20-10-28-18(4)30-24(20)26/h9-10,13-16,21-22H,5-8,11-12H2,1-4H3,(H2,25,27,29)(H2,26,28,30)(H2,35,36,37)(H2,38,39,40). The lowest BCUT2D eigenvalue weighted by Gasteiger charge is -2.35. The molecule has 46 heavy (non-hydrogen) atoms. The zero-order valence-electron chi connectivity index (χ0n) is 25.6. The summed E-state index contributed by atoms with van der Waals surface area (Å²) in [6.45, 7) is 6.23. The van der Waals surface area contributed by atoms with Gasteiger partial charge in [-0.2, -0.15) is 0 Å². The van der Waals surface area contributed by atoms with Crippen LogP contribution in [-0.4, -0.2) is 97.9 Å². The lowest BCUT2D eigenvalue weighted by molar-refractivity contribution is -0.121. The van der Waals surface area contributed by atoms with Crippen molar-refractivity contribution >= 4 is 61.7 Å². The number of anilines is 2. The minimum atomic E-state index is -4.78. The number of nitrogens with zero attached hydrogens (tertiary/aromatic N) is 6. The average Bonchev–Trinajstić information content (AvgIpc) is 2.95. The lowest BCUT2D eigenvalue weighted by atomic mass is 10.1. The summed E-state index contributed by atoms with van der Waals surface area (Å²) in [7, 11) is -7.05. The number of carbonyl (C=O) groups is 2. The van der Waals surface area contributed by atoms with Crippen molar-refractivity contribution in [1.29, 1.82) is 0 Å². The largest absolute Gasteiger partial charge is 0.469 e. The van der Waals surface area contributed by atoms with Gasteiger partial charge in [0.1, 0.15) is 23.3 Å². The van der Waals surface area contributed by atoms with E-state index in [2.05, 4.69) is 29.0 Å². The van der Waals surface area contributed by atoms with Crippen LogP contribution < -0.4 is 11.5 Å². The second kappa shape index (κ2) is 18.2. The molecule has 0 saturated carbocycles. The van der Waals surface area contributed by atoms with Gasteiger partial charge in [-0.15, -0.1) is 0 Å². The summed E-state index contributed by atoms with van der Waals surface area (Å²) >= 11 is 0. The first-order valence-corrected chi connectivity index (χ1v) is 19.1. The van der Waals surface area contributed by atoms with Crippen LogP contribution in [0.4, 0.5) is 11.6 Å². The molecule has 0 aliphatic heterocycles. The molecule has 8 N–H and O–H groups in total. The van der Waals surface area contributed by atoms with Gasteiger partial charge < -0.3 is 40.8 Å². The lowest BCUT2D eigenvalue weighted by Crippen LogP contribution is -2.41. The van der Waals surface area contributed by atoms with Gasteiger partial charge in [0, 0.05) is 46.1 Å². The molecule has 0 bridgehead atoms. The number of hydrogen-bond donors (Lipinski definition) is 6. The quantitative estimate of drug-likeness (QED) is 0.0605. The van der Waals surface area contributed by atoms with Gasteiger partial charge in [-0.25, -0.2) is 29.1 Å². The van der Waals surface area contributed by atoms with Crippen molar-refractivity contribution in [1.82, 2.24) is 29.7 Å². The molecule has 2 rings (SSSR count). The van der Waals surface area contributed by atoms with Crippen LogP contribution in [0.15, 0.2) is 12.4 Å². The highest BCUT2D eigenvalue weighted by molar-refractivity contribution is 8.77.